The second kappa shape index (κ2) is 8.16. The van der Waals surface area contributed by atoms with E-state index in [0.29, 0.717) is 38.4 Å². The lowest BCUT2D eigenvalue weighted by Gasteiger charge is -2.58. The Kier molecular flexibility index (Phi) is 5.38. The van der Waals surface area contributed by atoms with Crippen molar-refractivity contribution in [3.63, 3.8) is 0 Å². The SMILES string of the molecule is C#C[C@H](O)C1(O)CC[C@H]2[C@@H]3CC[C@@]4(O)CC5(CCC4=C3[C@@H](c3ccc(C4CC4)cc3)C[C@@]21C)OCCO5. The molecular formula is C32H40O5. The van der Waals surface area contributed by atoms with Crippen molar-refractivity contribution in [3.05, 3.63) is 46.5 Å². The lowest BCUT2D eigenvalue weighted by molar-refractivity contribution is -0.209. The number of rotatable bonds is 3. The third-order valence-corrected chi connectivity index (χ3v) is 11.4. The maximum Gasteiger partial charge on any atom is 0.171 e. The first-order valence-corrected chi connectivity index (χ1v) is 14.4. The molecule has 5 nitrogen and oxygen atoms in total. The minimum Gasteiger partial charge on any atom is -0.386 e. The average Bonchev–Trinajstić information content (AvgIpc) is 3.60. The van der Waals surface area contributed by atoms with Gasteiger partial charge in [0.1, 0.15) is 11.7 Å². The van der Waals surface area contributed by atoms with Gasteiger partial charge in [-0.3, -0.25) is 0 Å². The molecule has 1 aliphatic heterocycles. The molecule has 5 heteroatoms. The summed E-state index contributed by atoms with van der Waals surface area (Å²) >= 11 is 0. The van der Waals surface area contributed by atoms with Gasteiger partial charge in [0.15, 0.2) is 5.79 Å². The summed E-state index contributed by atoms with van der Waals surface area (Å²) in [7, 11) is 0. The Morgan fingerprint density at radius 1 is 0.973 bits per heavy atom. The summed E-state index contributed by atoms with van der Waals surface area (Å²) in [5, 5.41) is 34.9. The van der Waals surface area contributed by atoms with E-state index in [1.54, 1.807) is 0 Å². The van der Waals surface area contributed by atoms with Gasteiger partial charge in [-0.1, -0.05) is 42.7 Å². The lowest BCUT2D eigenvalue weighted by Crippen LogP contribution is -2.58. The van der Waals surface area contributed by atoms with Crippen molar-refractivity contribution in [1.29, 1.82) is 0 Å². The third kappa shape index (κ3) is 3.42. The summed E-state index contributed by atoms with van der Waals surface area (Å²) in [5.41, 5.74) is 2.53. The average molecular weight is 505 g/mol. The first-order valence-electron chi connectivity index (χ1n) is 14.4. The van der Waals surface area contributed by atoms with Gasteiger partial charge in [-0.2, -0.15) is 0 Å². The standard InChI is InChI=1S/C32H40O5/c1-3-27(33)32(35)15-12-25-23-10-13-30(34)19-31(36-16-17-37-31)14-11-26(30)28(23)24(18-29(25,32)2)22-8-6-21(7-9-22)20-4-5-20/h1,6-9,20,23-25,27,33-35H,4-5,10-19H2,2H3/t23-,24+,25-,27-,29-,30+,32?/m0/s1. The Hall–Kier alpha value is -1.68. The van der Waals surface area contributed by atoms with Gasteiger partial charge >= 0.3 is 0 Å². The van der Waals surface area contributed by atoms with Crippen molar-refractivity contribution in [2.45, 2.75) is 106 Å². The van der Waals surface area contributed by atoms with Crippen molar-refractivity contribution < 1.29 is 24.8 Å². The summed E-state index contributed by atoms with van der Waals surface area (Å²) in [4.78, 5) is 0. The predicted octanol–water partition coefficient (Wildman–Crippen LogP) is 4.56. The molecule has 1 heterocycles. The second-order valence-electron chi connectivity index (χ2n) is 13.1. The normalized spacial score (nSPS) is 43.2. The molecule has 198 valence electrons. The van der Waals surface area contributed by atoms with Gasteiger partial charge in [0.2, 0.25) is 0 Å². The highest BCUT2D eigenvalue weighted by molar-refractivity contribution is 5.45. The maximum atomic E-state index is 12.1. The van der Waals surface area contributed by atoms with Crippen molar-refractivity contribution in [2.24, 2.45) is 17.3 Å². The molecule has 5 aliphatic carbocycles. The second-order valence-corrected chi connectivity index (χ2v) is 13.1. The number of fused-ring (bicyclic) bond motifs is 4. The molecule has 1 spiro atoms. The summed E-state index contributed by atoms with van der Waals surface area (Å²) < 4.78 is 12.1. The van der Waals surface area contributed by atoms with Gasteiger partial charge in [0, 0.05) is 24.2 Å². The van der Waals surface area contributed by atoms with Crippen molar-refractivity contribution in [1.82, 2.24) is 0 Å². The largest absolute Gasteiger partial charge is 0.386 e. The molecule has 0 bridgehead atoms. The van der Waals surface area contributed by atoms with Crippen LogP contribution in [-0.4, -0.2) is 51.6 Å². The molecule has 1 aromatic rings. The van der Waals surface area contributed by atoms with E-state index in [1.807, 2.05) is 0 Å². The zero-order valence-corrected chi connectivity index (χ0v) is 21.9. The Morgan fingerprint density at radius 2 is 1.68 bits per heavy atom. The van der Waals surface area contributed by atoms with Crippen LogP contribution in [-0.2, 0) is 9.47 Å². The first-order chi connectivity index (χ1) is 17.7. The zero-order chi connectivity index (χ0) is 25.6. The van der Waals surface area contributed by atoms with Crippen LogP contribution in [0.4, 0.5) is 0 Å². The first kappa shape index (κ1) is 24.4. The number of benzene rings is 1. The molecule has 3 N–H and O–H groups in total. The summed E-state index contributed by atoms with van der Waals surface area (Å²) in [6.45, 7) is 3.35. The number of hydrogen-bond donors (Lipinski definition) is 3. The van der Waals surface area contributed by atoms with Crippen molar-refractivity contribution >= 4 is 0 Å². The molecule has 6 aliphatic rings. The van der Waals surface area contributed by atoms with Gasteiger partial charge in [-0.25, -0.2) is 0 Å². The molecule has 37 heavy (non-hydrogen) atoms. The molecule has 1 unspecified atom stereocenters. The number of ether oxygens (including phenoxy) is 2. The van der Waals surface area contributed by atoms with E-state index in [0.717, 1.165) is 32.1 Å². The molecule has 7 rings (SSSR count). The Labute approximate surface area is 220 Å². The number of aliphatic hydroxyl groups is 3. The molecule has 4 saturated carbocycles. The number of terminal acetylenes is 1. The fourth-order valence-electron chi connectivity index (χ4n) is 9.35. The van der Waals surface area contributed by atoms with Crippen LogP contribution in [0.15, 0.2) is 35.4 Å². The van der Waals surface area contributed by atoms with Crippen LogP contribution in [0.25, 0.3) is 0 Å². The molecule has 1 aromatic carbocycles. The van der Waals surface area contributed by atoms with Gasteiger partial charge in [-0.05, 0) is 85.8 Å². The van der Waals surface area contributed by atoms with Crippen LogP contribution in [0, 0.1) is 29.6 Å². The topological polar surface area (TPSA) is 79.2 Å². The smallest absolute Gasteiger partial charge is 0.171 e. The number of allylic oxidation sites excluding steroid dienone is 1. The minimum atomic E-state index is -1.30. The van der Waals surface area contributed by atoms with Crippen LogP contribution in [0.3, 0.4) is 0 Å². The maximum absolute atomic E-state index is 12.1. The third-order valence-electron chi connectivity index (χ3n) is 11.4. The molecular weight excluding hydrogens is 464 g/mol. The van der Waals surface area contributed by atoms with E-state index in [1.165, 1.54) is 35.1 Å². The van der Waals surface area contributed by atoms with Crippen LogP contribution < -0.4 is 0 Å². The highest BCUT2D eigenvalue weighted by Gasteiger charge is 2.66. The molecule has 0 amide bonds. The van der Waals surface area contributed by atoms with Crippen LogP contribution in [0.1, 0.15) is 94.1 Å². The Bertz CT molecular complexity index is 1150. The molecule has 1 saturated heterocycles. The van der Waals surface area contributed by atoms with Crippen LogP contribution in [0.5, 0.6) is 0 Å². The molecule has 0 aromatic heterocycles. The molecule has 5 fully saturated rings. The Balaban J connectivity index is 1.35. The zero-order valence-electron chi connectivity index (χ0n) is 21.9. The van der Waals surface area contributed by atoms with Crippen molar-refractivity contribution in [2.75, 3.05) is 13.2 Å². The Morgan fingerprint density at radius 3 is 2.35 bits per heavy atom. The van der Waals surface area contributed by atoms with E-state index in [9.17, 15) is 15.3 Å². The van der Waals surface area contributed by atoms with E-state index >= 15 is 0 Å². The summed E-state index contributed by atoms with van der Waals surface area (Å²) in [6, 6.07) is 9.12. The predicted molar refractivity (Wildman–Crippen MR) is 140 cm³/mol. The summed E-state index contributed by atoms with van der Waals surface area (Å²) in [6.07, 6.45) is 12.7. The van der Waals surface area contributed by atoms with Gasteiger partial charge in [0.25, 0.3) is 0 Å². The van der Waals surface area contributed by atoms with E-state index in [-0.39, 0.29) is 17.8 Å². The number of aliphatic hydroxyl groups excluding tert-OH is 1. The molecule has 7 atom stereocenters. The van der Waals surface area contributed by atoms with E-state index in [4.69, 9.17) is 15.9 Å². The van der Waals surface area contributed by atoms with Crippen LogP contribution in [0.2, 0.25) is 0 Å². The quantitative estimate of drug-likeness (QED) is 0.416. The van der Waals surface area contributed by atoms with Crippen molar-refractivity contribution in [3.8, 4) is 12.3 Å². The van der Waals surface area contributed by atoms with E-state index in [2.05, 4.69) is 37.1 Å². The summed E-state index contributed by atoms with van der Waals surface area (Å²) in [5.74, 6) is 3.08. The highest BCUT2D eigenvalue weighted by atomic mass is 16.7. The van der Waals surface area contributed by atoms with Gasteiger partial charge in [0.05, 0.1) is 18.8 Å². The fourth-order valence-corrected chi connectivity index (χ4v) is 9.35. The molecule has 0 radical (unpaired) electrons. The fraction of sp³-hybridized carbons (Fsp3) is 0.688. The lowest BCUT2D eigenvalue weighted by atomic mass is 9.49. The highest BCUT2D eigenvalue weighted by Crippen LogP contribution is 2.68. The van der Waals surface area contributed by atoms with Gasteiger partial charge in [-0.15, -0.1) is 6.42 Å². The van der Waals surface area contributed by atoms with Crippen LogP contribution >= 0.6 is 0 Å². The van der Waals surface area contributed by atoms with E-state index < -0.39 is 28.5 Å². The monoisotopic (exact) mass is 504 g/mol. The number of hydrogen-bond acceptors (Lipinski definition) is 5. The minimum absolute atomic E-state index is 0.0791. The van der Waals surface area contributed by atoms with Gasteiger partial charge < -0.3 is 24.8 Å².